The third kappa shape index (κ3) is 3.31. The molecule has 3 aliphatic rings. The summed E-state index contributed by atoms with van der Waals surface area (Å²) in [6.45, 7) is 3.29. The number of benzene rings is 1. The molecule has 2 aromatic heterocycles. The lowest BCUT2D eigenvalue weighted by Crippen LogP contribution is -2.57. The number of furan rings is 1. The lowest BCUT2D eigenvalue weighted by Gasteiger charge is -2.44. The highest BCUT2D eigenvalue weighted by atomic mass is 32.1. The van der Waals surface area contributed by atoms with E-state index in [0.717, 1.165) is 35.6 Å². The first-order chi connectivity index (χ1) is 13.3. The summed E-state index contributed by atoms with van der Waals surface area (Å²) < 4.78 is 10.0. The van der Waals surface area contributed by atoms with Gasteiger partial charge in [0.2, 0.25) is 0 Å². The zero-order valence-corrected chi connectivity index (χ0v) is 15.7. The molecule has 6 heteroatoms. The summed E-state index contributed by atoms with van der Waals surface area (Å²) in [5.41, 5.74) is 2.06. The number of amides is 1. The molecule has 27 heavy (non-hydrogen) atoms. The summed E-state index contributed by atoms with van der Waals surface area (Å²) in [6, 6.07) is 14.0. The normalized spacial score (nSPS) is 24.1. The first kappa shape index (κ1) is 16.7. The van der Waals surface area contributed by atoms with Crippen LogP contribution in [-0.2, 0) is 0 Å². The highest BCUT2D eigenvalue weighted by molar-refractivity contribution is 7.09. The summed E-state index contributed by atoms with van der Waals surface area (Å²) in [5, 5.41) is 3.18. The van der Waals surface area contributed by atoms with Crippen LogP contribution in [0.25, 0.3) is 21.8 Å². The number of aromatic nitrogens is 1. The average molecular weight is 379 g/mol. The van der Waals surface area contributed by atoms with Crippen LogP contribution in [0.5, 0.6) is 0 Å². The molecule has 0 radical (unpaired) electrons. The summed E-state index contributed by atoms with van der Waals surface area (Å²) in [7, 11) is 0. The van der Waals surface area contributed by atoms with Crippen LogP contribution in [0.4, 0.5) is 0 Å². The van der Waals surface area contributed by atoms with Gasteiger partial charge in [0.1, 0.15) is 5.76 Å². The topological polar surface area (TPSA) is 58.4 Å². The molecular formula is C21H21N3O2S. The Hall–Kier alpha value is -2.44. The van der Waals surface area contributed by atoms with Crippen molar-refractivity contribution >= 4 is 17.4 Å². The van der Waals surface area contributed by atoms with Crippen LogP contribution in [0.15, 0.2) is 53.1 Å². The zero-order chi connectivity index (χ0) is 18.2. The van der Waals surface area contributed by atoms with E-state index in [1.54, 1.807) is 12.3 Å². The molecule has 3 aliphatic heterocycles. The SMILES string of the molecule is O=C(NC1CN2CCC1CC2)c1ccc(-c2cccc(-c3ccns3)c2)o1. The third-order valence-corrected chi connectivity index (χ3v) is 6.47. The van der Waals surface area contributed by atoms with E-state index in [-0.39, 0.29) is 11.9 Å². The van der Waals surface area contributed by atoms with Gasteiger partial charge in [-0.1, -0.05) is 18.2 Å². The molecule has 0 saturated carbocycles. The van der Waals surface area contributed by atoms with Gasteiger partial charge in [0, 0.05) is 24.3 Å². The van der Waals surface area contributed by atoms with Crippen molar-refractivity contribution in [3.05, 3.63) is 54.4 Å². The lowest BCUT2D eigenvalue weighted by atomic mass is 9.84. The van der Waals surface area contributed by atoms with Gasteiger partial charge in [-0.2, -0.15) is 0 Å². The quantitative estimate of drug-likeness (QED) is 0.747. The molecule has 1 aromatic carbocycles. The number of hydrogen-bond donors (Lipinski definition) is 1. The summed E-state index contributed by atoms with van der Waals surface area (Å²) in [6.07, 6.45) is 4.16. The minimum absolute atomic E-state index is 0.112. The number of rotatable bonds is 4. The van der Waals surface area contributed by atoms with Crippen molar-refractivity contribution in [1.29, 1.82) is 0 Å². The molecule has 3 saturated heterocycles. The maximum absolute atomic E-state index is 12.7. The predicted molar refractivity (Wildman–Crippen MR) is 106 cm³/mol. The number of fused-ring (bicyclic) bond motifs is 3. The van der Waals surface area contributed by atoms with Crippen LogP contribution in [0.2, 0.25) is 0 Å². The first-order valence-electron chi connectivity index (χ1n) is 9.41. The fraction of sp³-hybridized carbons (Fsp3) is 0.333. The molecule has 1 N–H and O–H groups in total. The summed E-state index contributed by atoms with van der Waals surface area (Å²) in [4.78, 5) is 16.2. The van der Waals surface area contributed by atoms with Crippen molar-refractivity contribution in [2.75, 3.05) is 19.6 Å². The molecular weight excluding hydrogens is 358 g/mol. The fourth-order valence-corrected chi connectivity index (χ4v) is 4.76. The van der Waals surface area contributed by atoms with Crippen LogP contribution in [-0.4, -0.2) is 40.9 Å². The Morgan fingerprint density at radius 1 is 1.15 bits per heavy atom. The van der Waals surface area contributed by atoms with Gasteiger partial charge in [-0.05, 0) is 73.2 Å². The van der Waals surface area contributed by atoms with Crippen LogP contribution in [0, 0.1) is 5.92 Å². The number of hydrogen-bond acceptors (Lipinski definition) is 5. The van der Waals surface area contributed by atoms with Crippen LogP contribution < -0.4 is 5.32 Å². The van der Waals surface area contributed by atoms with Gasteiger partial charge < -0.3 is 14.6 Å². The molecule has 3 aromatic rings. The number of nitrogens with zero attached hydrogens (tertiary/aromatic N) is 2. The molecule has 6 rings (SSSR count). The molecule has 3 fully saturated rings. The van der Waals surface area contributed by atoms with Gasteiger partial charge in [0.15, 0.2) is 5.76 Å². The third-order valence-electron chi connectivity index (χ3n) is 5.67. The van der Waals surface area contributed by atoms with Gasteiger partial charge in [-0.15, -0.1) is 0 Å². The van der Waals surface area contributed by atoms with Crippen LogP contribution >= 0.6 is 11.5 Å². The molecule has 2 bridgehead atoms. The molecule has 5 nitrogen and oxygen atoms in total. The van der Waals surface area contributed by atoms with Crippen molar-refractivity contribution in [2.45, 2.75) is 18.9 Å². The molecule has 0 spiro atoms. The number of carbonyl (C=O) groups is 1. The molecule has 0 aliphatic carbocycles. The van der Waals surface area contributed by atoms with Crippen LogP contribution in [0.3, 0.4) is 0 Å². The smallest absolute Gasteiger partial charge is 0.287 e. The Morgan fingerprint density at radius 2 is 2.00 bits per heavy atom. The highest BCUT2D eigenvalue weighted by Crippen LogP contribution is 2.30. The fourth-order valence-electron chi connectivity index (χ4n) is 4.17. The Labute approximate surface area is 162 Å². The van der Waals surface area contributed by atoms with Crippen molar-refractivity contribution in [1.82, 2.24) is 14.6 Å². The first-order valence-corrected chi connectivity index (χ1v) is 10.2. The predicted octanol–water partition coefficient (Wildman–Crippen LogP) is 3.89. The van der Waals surface area contributed by atoms with Gasteiger partial charge in [-0.25, -0.2) is 4.37 Å². The van der Waals surface area contributed by atoms with E-state index < -0.39 is 0 Å². The summed E-state index contributed by atoms with van der Waals surface area (Å²) in [5.74, 6) is 1.58. The van der Waals surface area contributed by atoms with Gasteiger partial charge >= 0.3 is 0 Å². The van der Waals surface area contributed by atoms with Gasteiger partial charge in [0.05, 0.1) is 4.88 Å². The number of carbonyl (C=O) groups excluding carboxylic acids is 1. The zero-order valence-electron chi connectivity index (χ0n) is 14.9. The highest BCUT2D eigenvalue weighted by Gasteiger charge is 2.35. The van der Waals surface area contributed by atoms with E-state index >= 15 is 0 Å². The maximum atomic E-state index is 12.7. The number of piperidine rings is 3. The molecule has 1 atom stereocenters. The molecule has 138 valence electrons. The van der Waals surface area contributed by atoms with E-state index in [9.17, 15) is 4.79 Å². The van der Waals surface area contributed by atoms with E-state index in [0.29, 0.717) is 17.4 Å². The summed E-state index contributed by atoms with van der Waals surface area (Å²) >= 11 is 1.47. The van der Waals surface area contributed by atoms with Crippen molar-refractivity contribution < 1.29 is 9.21 Å². The Bertz CT molecular complexity index is 942. The van der Waals surface area contributed by atoms with Gasteiger partial charge in [0.25, 0.3) is 5.91 Å². The van der Waals surface area contributed by atoms with E-state index in [4.69, 9.17) is 4.42 Å². The Balaban J connectivity index is 1.32. The van der Waals surface area contributed by atoms with Crippen molar-refractivity contribution in [3.63, 3.8) is 0 Å². The van der Waals surface area contributed by atoms with Gasteiger partial charge in [-0.3, -0.25) is 4.79 Å². The van der Waals surface area contributed by atoms with Crippen LogP contribution in [0.1, 0.15) is 23.4 Å². The second kappa shape index (κ2) is 6.94. The Morgan fingerprint density at radius 3 is 2.74 bits per heavy atom. The average Bonchev–Trinajstić information content (AvgIpc) is 3.41. The minimum Gasteiger partial charge on any atom is -0.451 e. The second-order valence-corrected chi connectivity index (χ2v) is 8.17. The van der Waals surface area contributed by atoms with E-state index in [2.05, 4.69) is 26.7 Å². The van der Waals surface area contributed by atoms with E-state index in [1.165, 1.54) is 24.4 Å². The molecule has 5 heterocycles. The standard InChI is InChI=1S/C21H21N3O2S/c25-21(23-17-13-24-10-7-14(17)8-11-24)19-5-4-18(26-19)15-2-1-3-16(12-15)20-6-9-22-27-20/h1-6,9,12,14,17H,7-8,10-11,13H2,(H,23,25). The number of nitrogens with one attached hydrogen (secondary N) is 1. The second-order valence-electron chi connectivity index (χ2n) is 7.34. The Kier molecular flexibility index (Phi) is 4.30. The molecule has 1 amide bonds. The molecule has 1 unspecified atom stereocenters. The maximum Gasteiger partial charge on any atom is 0.287 e. The van der Waals surface area contributed by atoms with E-state index in [1.807, 2.05) is 24.3 Å². The lowest BCUT2D eigenvalue weighted by molar-refractivity contribution is 0.0606. The van der Waals surface area contributed by atoms with Crippen molar-refractivity contribution in [2.24, 2.45) is 5.92 Å². The largest absolute Gasteiger partial charge is 0.451 e. The minimum atomic E-state index is -0.112. The monoisotopic (exact) mass is 379 g/mol. The van der Waals surface area contributed by atoms with Crippen molar-refractivity contribution in [3.8, 4) is 21.8 Å².